The zero-order valence-electron chi connectivity index (χ0n) is 12.0. The molecule has 4 heteroatoms. The zero-order chi connectivity index (χ0) is 13.4. The number of hydrogen-bond donors (Lipinski definition) is 2. The fourth-order valence-corrected chi connectivity index (χ4v) is 2.78. The minimum atomic E-state index is 0.231. The van der Waals surface area contributed by atoms with Gasteiger partial charge in [-0.25, -0.2) is 0 Å². The standard InChI is InChI=1S/C14H29N3O/c1-17(2)10-4-9-16-14(18)13-6-3-5-12(11-13)7-8-15/h12-13H,3-11,15H2,1-2H3,(H,16,18). The van der Waals surface area contributed by atoms with E-state index in [-0.39, 0.29) is 11.8 Å². The normalized spacial score (nSPS) is 24.2. The Hall–Kier alpha value is -0.610. The van der Waals surface area contributed by atoms with Gasteiger partial charge in [0.05, 0.1) is 0 Å². The van der Waals surface area contributed by atoms with Crippen molar-refractivity contribution in [3.63, 3.8) is 0 Å². The van der Waals surface area contributed by atoms with Gasteiger partial charge in [-0.3, -0.25) is 4.79 Å². The molecule has 3 N–H and O–H groups in total. The Kier molecular flexibility index (Phi) is 7.28. The van der Waals surface area contributed by atoms with Crippen LogP contribution < -0.4 is 11.1 Å². The Morgan fingerprint density at radius 3 is 2.83 bits per heavy atom. The van der Waals surface area contributed by atoms with Gasteiger partial charge in [-0.1, -0.05) is 12.8 Å². The first-order chi connectivity index (χ1) is 8.63. The minimum Gasteiger partial charge on any atom is -0.356 e. The quantitative estimate of drug-likeness (QED) is 0.672. The third-order valence-electron chi connectivity index (χ3n) is 3.81. The van der Waals surface area contributed by atoms with E-state index in [1.54, 1.807) is 0 Å². The van der Waals surface area contributed by atoms with Crippen molar-refractivity contribution in [3.8, 4) is 0 Å². The number of nitrogens with one attached hydrogen (secondary N) is 1. The number of carbonyl (C=O) groups is 1. The molecular weight excluding hydrogens is 226 g/mol. The Bertz CT molecular complexity index is 241. The van der Waals surface area contributed by atoms with Gasteiger partial charge in [0.2, 0.25) is 5.91 Å². The molecule has 18 heavy (non-hydrogen) atoms. The number of hydrogen-bond acceptors (Lipinski definition) is 3. The molecule has 0 aromatic rings. The van der Waals surface area contributed by atoms with Crippen LogP contribution in [-0.2, 0) is 4.79 Å². The van der Waals surface area contributed by atoms with E-state index in [9.17, 15) is 4.79 Å². The zero-order valence-corrected chi connectivity index (χ0v) is 12.0. The van der Waals surface area contributed by atoms with E-state index in [1.807, 2.05) is 0 Å². The lowest BCUT2D eigenvalue weighted by Gasteiger charge is -2.28. The lowest BCUT2D eigenvalue weighted by atomic mass is 9.79. The largest absolute Gasteiger partial charge is 0.356 e. The van der Waals surface area contributed by atoms with Crippen molar-refractivity contribution in [1.82, 2.24) is 10.2 Å². The molecule has 0 saturated heterocycles. The van der Waals surface area contributed by atoms with E-state index in [0.29, 0.717) is 5.92 Å². The highest BCUT2D eigenvalue weighted by Gasteiger charge is 2.26. The molecule has 2 unspecified atom stereocenters. The van der Waals surface area contributed by atoms with Crippen LogP contribution in [0.25, 0.3) is 0 Å². The molecule has 0 aromatic carbocycles. The number of nitrogens with two attached hydrogens (primary N) is 1. The molecule has 0 aliphatic heterocycles. The van der Waals surface area contributed by atoms with Crippen LogP contribution in [0, 0.1) is 11.8 Å². The Morgan fingerprint density at radius 1 is 1.39 bits per heavy atom. The number of nitrogens with zero attached hydrogens (tertiary/aromatic N) is 1. The molecule has 0 radical (unpaired) electrons. The maximum Gasteiger partial charge on any atom is 0.223 e. The van der Waals surface area contributed by atoms with Gasteiger partial charge in [0.25, 0.3) is 0 Å². The van der Waals surface area contributed by atoms with Crippen molar-refractivity contribution in [2.24, 2.45) is 17.6 Å². The minimum absolute atomic E-state index is 0.231. The van der Waals surface area contributed by atoms with Crippen LogP contribution in [-0.4, -0.2) is 44.5 Å². The van der Waals surface area contributed by atoms with E-state index in [2.05, 4.69) is 24.3 Å². The first-order valence-corrected chi connectivity index (χ1v) is 7.26. The monoisotopic (exact) mass is 255 g/mol. The smallest absolute Gasteiger partial charge is 0.223 e. The third kappa shape index (κ3) is 5.83. The maximum atomic E-state index is 12.0. The lowest BCUT2D eigenvalue weighted by molar-refractivity contribution is -0.126. The van der Waals surface area contributed by atoms with Gasteiger partial charge in [-0.05, 0) is 58.8 Å². The molecule has 0 bridgehead atoms. The van der Waals surface area contributed by atoms with Crippen molar-refractivity contribution in [2.45, 2.75) is 38.5 Å². The molecule has 1 aliphatic carbocycles. The first kappa shape index (κ1) is 15.4. The average Bonchev–Trinajstić information content (AvgIpc) is 2.35. The van der Waals surface area contributed by atoms with Crippen molar-refractivity contribution in [2.75, 3.05) is 33.7 Å². The van der Waals surface area contributed by atoms with Gasteiger partial charge < -0.3 is 16.0 Å². The molecule has 1 rings (SSSR count). The predicted octanol–water partition coefficient (Wildman–Crippen LogP) is 1.21. The third-order valence-corrected chi connectivity index (χ3v) is 3.81. The summed E-state index contributed by atoms with van der Waals surface area (Å²) < 4.78 is 0. The van der Waals surface area contributed by atoms with Crippen LogP contribution in [0.5, 0.6) is 0 Å². The molecule has 0 heterocycles. The first-order valence-electron chi connectivity index (χ1n) is 7.26. The molecule has 0 spiro atoms. The van der Waals surface area contributed by atoms with Crippen LogP contribution in [0.15, 0.2) is 0 Å². The van der Waals surface area contributed by atoms with E-state index in [4.69, 9.17) is 5.73 Å². The Morgan fingerprint density at radius 2 is 2.17 bits per heavy atom. The van der Waals surface area contributed by atoms with Crippen LogP contribution in [0.1, 0.15) is 38.5 Å². The summed E-state index contributed by atoms with van der Waals surface area (Å²) in [5, 5.41) is 3.07. The van der Waals surface area contributed by atoms with Crippen LogP contribution in [0.4, 0.5) is 0 Å². The van der Waals surface area contributed by atoms with Crippen LogP contribution in [0.3, 0.4) is 0 Å². The molecule has 0 aromatic heterocycles. The lowest BCUT2D eigenvalue weighted by Crippen LogP contribution is -2.35. The number of rotatable bonds is 7. The van der Waals surface area contributed by atoms with Gasteiger partial charge in [-0.15, -0.1) is 0 Å². The summed E-state index contributed by atoms with van der Waals surface area (Å²) in [7, 11) is 4.11. The van der Waals surface area contributed by atoms with Crippen molar-refractivity contribution < 1.29 is 4.79 Å². The van der Waals surface area contributed by atoms with E-state index in [1.165, 1.54) is 12.8 Å². The van der Waals surface area contributed by atoms with Crippen molar-refractivity contribution >= 4 is 5.91 Å². The fraction of sp³-hybridized carbons (Fsp3) is 0.929. The van der Waals surface area contributed by atoms with Crippen molar-refractivity contribution in [1.29, 1.82) is 0 Å². The summed E-state index contributed by atoms with van der Waals surface area (Å²) in [5.74, 6) is 1.16. The molecule has 1 fully saturated rings. The van der Waals surface area contributed by atoms with Gasteiger partial charge in [0, 0.05) is 12.5 Å². The number of carbonyl (C=O) groups excluding carboxylic acids is 1. The van der Waals surface area contributed by atoms with Gasteiger partial charge >= 0.3 is 0 Å². The van der Waals surface area contributed by atoms with E-state index >= 15 is 0 Å². The highest BCUT2D eigenvalue weighted by molar-refractivity contribution is 5.78. The van der Waals surface area contributed by atoms with Crippen LogP contribution in [0.2, 0.25) is 0 Å². The molecule has 1 aliphatic rings. The molecule has 2 atom stereocenters. The Balaban J connectivity index is 2.20. The molecular formula is C14H29N3O. The maximum absolute atomic E-state index is 12.0. The van der Waals surface area contributed by atoms with E-state index in [0.717, 1.165) is 45.3 Å². The average molecular weight is 255 g/mol. The fourth-order valence-electron chi connectivity index (χ4n) is 2.78. The second-order valence-corrected chi connectivity index (χ2v) is 5.75. The molecule has 4 nitrogen and oxygen atoms in total. The van der Waals surface area contributed by atoms with Crippen LogP contribution >= 0.6 is 0 Å². The topological polar surface area (TPSA) is 58.4 Å². The predicted molar refractivity (Wildman–Crippen MR) is 75.3 cm³/mol. The van der Waals surface area contributed by atoms with E-state index < -0.39 is 0 Å². The molecule has 1 amide bonds. The Labute approximate surface area is 111 Å². The van der Waals surface area contributed by atoms with Gasteiger partial charge in [0.15, 0.2) is 0 Å². The summed E-state index contributed by atoms with van der Waals surface area (Å²) in [6.07, 6.45) is 6.63. The highest BCUT2D eigenvalue weighted by Crippen LogP contribution is 2.30. The molecule has 106 valence electrons. The summed E-state index contributed by atoms with van der Waals surface area (Å²) in [5.41, 5.74) is 5.60. The number of amides is 1. The van der Waals surface area contributed by atoms with Gasteiger partial charge in [0.1, 0.15) is 0 Å². The summed E-state index contributed by atoms with van der Waals surface area (Å²) in [6, 6.07) is 0. The highest BCUT2D eigenvalue weighted by atomic mass is 16.1. The second-order valence-electron chi connectivity index (χ2n) is 5.75. The second kappa shape index (κ2) is 8.48. The summed E-state index contributed by atoms with van der Waals surface area (Å²) in [4.78, 5) is 14.2. The SMILES string of the molecule is CN(C)CCCNC(=O)C1CCCC(CCN)C1. The van der Waals surface area contributed by atoms with Gasteiger partial charge in [-0.2, -0.15) is 0 Å². The molecule has 1 saturated carbocycles. The van der Waals surface area contributed by atoms with Crippen molar-refractivity contribution in [3.05, 3.63) is 0 Å². The summed E-state index contributed by atoms with van der Waals surface area (Å²) >= 11 is 0. The summed E-state index contributed by atoms with van der Waals surface area (Å²) in [6.45, 7) is 2.58.